The highest BCUT2D eigenvalue weighted by Gasteiger charge is 2.56. The van der Waals surface area contributed by atoms with Gasteiger partial charge in [0.25, 0.3) is 0 Å². The van der Waals surface area contributed by atoms with Gasteiger partial charge in [-0.2, -0.15) is 5.26 Å². The number of rotatable bonds is 6. The van der Waals surface area contributed by atoms with E-state index in [1.807, 2.05) is 0 Å². The van der Waals surface area contributed by atoms with Gasteiger partial charge in [-0.15, -0.1) is 0 Å². The molecule has 29 heavy (non-hydrogen) atoms. The lowest BCUT2D eigenvalue weighted by molar-refractivity contribution is -0.124. The maximum Gasteiger partial charge on any atom is 0.247 e. The van der Waals surface area contributed by atoms with E-state index in [0.29, 0.717) is 30.3 Å². The Bertz CT molecular complexity index is 997. The van der Waals surface area contributed by atoms with Crippen LogP contribution >= 0.6 is 0 Å². The second-order valence-corrected chi connectivity index (χ2v) is 7.49. The second-order valence-electron chi connectivity index (χ2n) is 7.49. The average Bonchev–Trinajstić information content (AvgIpc) is 3.52. The van der Waals surface area contributed by atoms with E-state index < -0.39 is 5.41 Å². The quantitative estimate of drug-likeness (QED) is 0.782. The standard InChI is InChI=1S/C21H22N6O2/c1-23-19(28)11-14-4-7-24-17(10-14)26-18-12-16(5-8-25-18)27-9-6-21(13-22,20(27)29)15-2-3-15/h4-5,7-8,10,12,15H,2-3,6,9,11H2,1H3,(H,23,28)(H,24,25,26)/t21-/m1/s1. The summed E-state index contributed by atoms with van der Waals surface area (Å²) in [7, 11) is 1.60. The summed E-state index contributed by atoms with van der Waals surface area (Å²) in [6.07, 6.45) is 6.00. The number of pyridine rings is 2. The van der Waals surface area contributed by atoms with Crippen LogP contribution in [0, 0.1) is 22.7 Å². The first-order valence-corrected chi connectivity index (χ1v) is 9.67. The van der Waals surface area contributed by atoms with Crippen molar-refractivity contribution in [3.8, 4) is 6.07 Å². The third-order valence-corrected chi connectivity index (χ3v) is 5.61. The molecule has 0 radical (unpaired) electrons. The highest BCUT2D eigenvalue weighted by molar-refractivity contribution is 6.02. The van der Waals surface area contributed by atoms with Crippen LogP contribution in [0.2, 0.25) is 0 Å². The summed E-state index contributed by atoms with van der Waals surface area (Å²) in [5.41, 5.74) is 0.676. The molecule has 8 heteroatoms. The molecule has 0 bridgehead atoms. The van der Waals surface area contributed by atoms with Crippen LogP contribution in [0.5, 0.6) is 0 Å². The van der Waals surface area contributed by atoms with Gasteiger partial charge in [-0.3, -0.25) is 9.59 Å². The highest BCUT2D eigenvalue weighted by atomic mass is 16.2. The molecule has 2 amide bonds. The summed E-state index contributed by atoms with van der Waals surface area (Å²) in [5, 5.41) is 15.4. The third kappa shape index (κ3) is 3.63. The first kappa shape index (κ1) is 18.9. The van der Waals surface area contributed by atoms with Crippen molar-refractivity contribution >= 4 is 29.1 Å². The Morgan fingerprint density at radius 2 is 2.00 bits per heavy atom. The third-order valence-electron chi connectivity index (χ3n) is 5.61. The molecule has 148 valence electrons. The summed E-state index contributed by atoms with van der Waals surface area (Å²) in [6.45, 7) is 0.534. The molecule has 1 saturated heterocycles. The van der Waals surface area contributed by atoms with Crippen molar-refractivity contribution in [3.63, 3.8) is 0 Å². The van der Waals surface area contributed by atoms with Gasteiger partial charge in [-0.25, -0.2) is 9.97 Å². The number of nitriles is 1. The number of hydrogen-bond acceptors (Lipinski definition) is 6. The number of carbonyl (C=O) groups excluding carboxylic acids is 2. The van der Waals surface area contributed by atoms with Crippen molar-refractivity contribution in [2.24, 2.45) is 11.3 Å². The monoisotopic (exact) mass is 390 g/mol. The molecule has 1 saturated carbocycles. The van der Waals surface area contributed by atoms with Crippen molar-refractivity contribution in [2.75, 3.05) is 23.8 Å². The number of anilines is 3. The molecular formula is C21H22N6O2. The average molecular weight is 390 g/mol. The molecule has 8 nitrogen and oxygen atoms in total. The number of nitrogens with zero attached hydrogens (tertiary/aromatic N) is 4. The predicted octanol–water partition coefficient (Wildman–Crippen LogP) is 2.17. The Morgan fingerprint density at radius 1 is 1.28 bits per heavy atom. The van der Waals surface area contributed by atoms with Gasteiger partial charge in [-0.1, -0.05) is 0 Å². The van der Waals surface area contributed by atoms with Crippen LogP contribution in [-0.4, -0.2) is 35.4 Å². The van der Waals surface area contributed by atoms with Crippen LogP contribution < -0.4 is 15.5 Å². The lowest BCUT2D eigenvalue weighted by Crippen LogP contribution is -2.35. The van der Waals surface area contributed by atoms with Crippen molar-refractivity contribution < 1.29 is 9.59 Å². The van der Waals surface area contributed by atoms with Gasteiger partial charge < -0.3 is 15.5 Å². The molecule has 1 atom stereocenters. The molecule has 2 aliphatic rings. The molecule has 0 aromatic carbocycles. The van der Waals surface area contributed by atoms with Crippen LogP contribution in [-0.2, 0) is 16.0 Å². The van der Waals surface area contributed by atoms with Crippen molar-refractivity contribution in [1.82, 2.24) is 15.3 Å². The summed E-state index contributed by atoms with van der Waals surface area (Å²) in [6, 6.07) is 9.44. The zero-order valence-electron chi connectivity index (χ0n) is 16.2. The Hall–Kier alpha value is -3.47. The second kappa shape index (κ2) is 7.51. The van der Waals surface area contributed by atoms with Crippen LogP contribution in [0.4, 0.5) is 17.3 Å². The van der Waals surface area contributed by atoms with Crippen molar-refractivity contribution in [3.05, 3.63) is 42.2 Å². The number of hydrogen-bond donors (Lipinski definition) is 2. The number of carbonyl (C=O) groups is 2. The van der Waals surface area contributed by atoms with E-state index in [1.165, 1.54) is 0 Å². The zero-order valence-corrected chi connectivity index (χ0v) is 16.2. The largest absolute Gasteiger partial charge is 0.359 e. The van der Waals surface area contributed by atoms with Gasteiger partial charge in [0, 0.05) is 37.7 Å². The van der Waals surface area contributed by atoms with Crippen LogP contribution in [0.15, 0.2) is 36.7 Å². The number of amides is 2. The van der Waals surface area contributed by atoms with Crippen molar-refractivity contribution in [1.29, 1.82) is 5.26 Å². The van der Waals surface area contributed by atoms with E-state index in [4.69, 9.17) is 0 Å². The van der Waals surface area contributed by atoms with Crippen LogP contribution in [0.25, 0.3) is 0 Å². The van der Waals surface area contributed by atoms with Gasteiger partial charge in [-0.05, 0) is 48.9 Å². The SMILES string of the molecule is CNC(=O)Cc1ccnc(Nc2cc(N3CC[C@@](C#N)(C4CC4)C3=O)ccn2)c1. The maximum absolute atomic E-state index is 13.0. The minimum Gasteiger partial charge on any atom is -0.359 e. The topological polar surface area (TPSA) is 111 Å². The number of nitrogens with one attached hydrogen (secondary N) is 2. The highest BCUT2D eigenvalue weighted by Crippen LogP contribution is 2.51. The van der Waals surface area contributed by atoms with Crippen molar-refractivity contribution in [2.45, 2.75) is 25.7 Å². The lowest BCUT2D eigenvalue weighted by atomic mass is 9.83. The summed E-state index contributed by atoms with van der Waals surface area (Å²) >= 11 is 0. The van der Waals surface area contributed by atoms with E-state index in [2.05, 4.69) is 26.7 Å². The van der Waals surface area contributed by atoms with Gasteiger partial charge in [0.1, 0.15) is 17.1 Å². The van der Waals surface area contributed by atoms with Gasteiger partial charge in [0.2, 0.25) is 11.8 Å². The molecule has 2 aromatic heterocycles. The Balaban J connectivity index is 1.52. The first-order chi connectivity index (χ1) is 14.1. The summed E-state index contributed by atoms with van der Waals surface area (Å²) in [5.74, 6) is 1.11. The fraction of sp³-hybridized carbons (Fsp3) is 0.381. The smallest absolute Gasteiger partial charge is 0.247 e. The molecular weight excluding hydrogens is 368 g/mol. The summed E-state index contributed by atoms with van der Waals surface area (Å²) in [4.78, 5) is 34.8. The molecule has 0 unspecified atom stereocenters. The van der Waals surface area contributed by atoms with E-state index in [-0.39, 0.29) is 24.2 Å². The minimum atomic E-state index is -0.868. The summed E-state index contributed by atoms with van der Waals surface area (Å²) < 4.78 is 0. The Morgan fingerprint density at radius 3 is 2.69 bits per heavy atom. The minimum absolute atomic E-state index is 0.0774. The molecule has 2 N–H and O–H groups in total. The normalized spacial score (nSPS) is 21.0. The molecule has 1 aliphatic heterocycles. The van der Waals surface area contributed by atoms with Gasteiger partial charge >= 0.3 is 0 Å². The molecule has 1 aliphatic carbocycles. The lowest BCUT2D eigenvalue weighted by Gasteiger charge is -2.21. The number of aromatic nitrogens is 2. The Kier molecular flexibility index (Phi) is 4.89. The zero-order chi connectivity index (χ0) is 20.4. The van der Waals surface area contributed by atoms with E-state index in [0.717, 1.165) is 18.4 Å². The Labute approximate surface area is 169 Å². The number of likely N-dealkylation sites (N-methyl/N-ethyl adjacent to an activating group) is 1. The molecule has 4 rings (SSSR count). The first-order valence-electron chi connectivity index (χ1n) is 9.67. The van der Waals surface area contributed by atoms with E-state index >= 15 is 0 Å². The van der Waals surface area contributed by atoms with Gasteiger partial charge in [0.05, 0.1) is 12.5 Å². The van der Waals surface area contributed by atoms with Gasteiger partial charge in [0.15, 0.2) is 0 Å². The molecule has 2 fully saturated rings. The maximum atomic E-state index is 13.0. The van der Waals surface area contributed by atoms with E-state index in [1.54, 1.807) is 48.6 Å². The molecule has 3 heterocycles. The van der Waals surface area contributed by atoms with Crippen LogP contribution in [0.3, 0.4) is 0 Å². The van der Waals surface area contributed by atoms with E-state index in [9.17, 15) is 14.9 Å². The fourth-order valence-electron chi connectivity index (χ4n) is 3.85. The van der Waals surface area contributed by atoms with Crippen LogP contribution in [0.1, 0.15) is 24.8 Å². The molecule has 0 spiro atoms. The predicted molar refractivity (Wildman–Crippen MR) is 107 cm³/mol. The molecule has 2 aromatic rings. The fourth-order valence-corrected chi connectivity index (χ4v) is 3.85.